The van der Waals surface area contributed by atoms with Crippen LogP contribution in [-0.2, 0) is 18.7 Å². The van der Waals surface area contributed by atoms with Gasteiger partial charge in [0.05, 0.1) is 24.6 Å². The van der Waals surface area contributed by atoms with Gasteiger partial charge < -0.3 is 13.9 Å². The number of rotatable bonds is 6. The quantitative estimate of drug-likeness (QED) is 0.698. The Bertz CT molecular complexity index is 913. The smallest absolute Gasteiger partial charge is 0.333 e. The van der Waals surface area contributed by atoms with Crippen LogP contribution < -0.4 is 11.2 Å². The Hall–Kier alpha value is -1.88. The molecule has 0 spiro atoms. The van der Waals surface area contributed by atoms with Gasteiger partial charge in [0, 0.05) is 6.08 Å². The third kappa shape index (κ3) is 5.38. The van der Waals surface area contributed by atoms with Crippen molar-refractivity contribution in [1.82, 2.24) is 9.55 Å². The van der Waals surface area contributed by atoms with E-state index in [0.29, 0.717) is 6.20 Å². The van der Waals surface area contributed by atoms with Crippen molar-refractivity contribution < 1.29 is 23.1 Å². The van der Waals surface area contributed by atoms with Crippen LogP contribution in [0.1, 0.15) is 34.6 Å². The second-order valence-corrected chi connectivity index (χ2v) is 13.6. The van der Waals surface area contributed by atoms with E-state index in [1.807, 2.05) is 4.98 Å². The summed E-state index contributed by atoms with van der Waals surface area (Å²) in [6, 6.07) is 0. The highest BCUT2D eigenvalue weighted by atomic mass is 28.4. The molecule has 0 saturated heterocycles. The van der Waals surface area contributed by atoms with Gasteiger partial charge in [0.1, 0.15) is 6.10 Å². The molecule has 1 aromatic rings. The molecule has 10 heteroatoms. The maximum atomic E-state index is 13.7. The molecule has 0 bridgehead atoms. The third-order valence-corrected chi connectivity index (χ3v) is 9.61. The van der Waals surface area contributed by atoms with Crippen molar-refractivity contribution in [2.75, 3.05) is 6.61 Å². The third-order valence-electron chi connectivity index (χ3n) is 5.11. The number of hydrogen-bond donors (Lipinski definition) is 1. The van der Waals surface area contributed by atoms with Crippen molar-refractivity contribution in [3.8, 4) is 0 Å². The molecule has 0 aliphatic carbocycles. The summed E-state index contributed by atoms with van der Waals surface area (Å²) in [5, 5.41) is -0.0414. The molecule has 2 heterocycles. The molecule has 0 aromatic carbocycles. The molecule has 1 aliphatic rings. The number of nitrogens with one attached hydrogen (secondary N) is 1. The number of carbonyl (C=O) groups is 1. The summed E-state index contributed by atoms with van der Waals surface area (Å²) >= 11 is 0. The van der Waals surface area contributed by atoms with Crippen LogP contribution in [0.3, 0.4) is 0 Å². The number of ketones is 1. The molecule has 2 atom stereocenters. The number of nitrogens with zero attached hydrogens (tertiary/aromatic N) is 1. The van der Waals surface area contributed by atoms with Crippen LogP contribution in [0.15, 0.2) is 21.9 Å². The van der Waals surface area contributed by atoms with Crippen molar-refractivity contribution in [3.05, 3.63) is 38.9 Å². The van der Waals surface area contributed by atoms with Crippen LogP contribution >= 0.6 is 0 Å². The number of ether oxygens (including phenoxy) is 2. The lowest BCUT2D eigenvalue weighted by molar-refractivity contribution is -0.175. The summed E-state index contributed by atoms with van der Waals surface area (Å²) in [5.74, 6) is -1.59. The zero-order chi connectivity index (χ0) is 22.1. The zero-order valence-electron chi connectivity index (χ0n) is 17.9. The first kappa shape index (κ1) is 23.4. The molecule has 8 nitrogen and oxygen atoms in total. The van der Waals surface area contributed by atoms with Gasteiger partial charge in [-0.1, -0.05) is 20.8 Å². The lowest BCUT2D eigenvalue weighted by Crippen LogP contribution is -2.47. The SMILES string of the molecule is CC(C)O[C@H]1O[C@H](CO[Si](C)(C)C(C)(C)C)C(=O)C=C1n1cc(F)c(=O)[nH]c1=O. The van der Waals surface area contributed by atoms with E-state index in [1.165, 1.54) is 6.08 Å². The Kier molecular flexibility index (Phi) is 6.83. The van der Waals surface area contributed by atoms with E-state index in [-0.39, 0.29) is 23.4 Å². The normalized spacial score (nSPS) is 20.9. The topological polar surface area (TPSA) is 99.6 Å². The van der Waals surface area contributed by atoms with Crippen molar-refractivity contribution >= 4 is 19.8 Å². The van der Waals surface area contributed by atoms with Crippen LogP contribution in [0.2, 0.25) is 18.1 Å². The van der Waals surface area contributed by atoms with Gasteiger partial charge >= 0.3 is 5.69 Å². The minimum absolute atomic E-state index is 0.00701. The summed E-state index contributed by atoms with van der Waals surface area (Å²) in [7, 11) is -2.11. The van der Waals surface area contributed by atoms with Gasteiger partial charge in [-0.3, -0.25) is 19.1 Å². The first-order chi connectivity index (χ1) is 13.2. The van der Waals surface area contributed by atoms with E-state index in [4.69, 9.17) is 13.9 Å². The number of aromatic amines is 1. The fourth-order valence-electron chi connectivity index (χ4n) is 2.39. The molecule has 0 unspecified atom stereocenters. The number of aromatic nitrogens is 2. The largest absolute Gasteiger partial charge is 0.414 e. The van der Waals surface area contributed by atoms with Crippen molar-refractivity contribution in [2.45, 2.75) is 71.2 Å². The van der Waals surface area contributed by atoms with Crippen LogP contribution in [0.4, 0.5) is 4.39 Å². The second-order valence-electron chi connectivity index (χ2n) is 8.79. The highest BCUT2D eigenvalue weighted by Crippen LogP contribution is 2.37. The van der Waals surface area contributed by atoms with Crippen LogP contribution in [0.5, 0.6) is 0 Å². The molecule has 2 rings (SSSR count). The maximum absolute atomic E-state index is 13.7. The zero-order valence-corrected chi connectivity index (χ0v) is 18.9. The summed E-state index contributed by atoms with van der Waals surface area (Å²) in [4.78, 5) is 37.9. The minimum Gasteiger partial charge on any atom is -0.414 e. The van der Waals surface area contributed by atoms with Crippen molar-refractivity contribution in [1.29, 1.82) is 0 Å². The highest BCUT2D eigenvalue weighted by Gasteiger charge is 2.40. The summed E-state index contributed by atoms with van der Waals surface area (Å²) in [6.07, 6.45) is -0.437. The fourth-order valence-corrected chi connectivity index (χ4v) is 3.39. The van der Waals surface area contributed by atoms with E-state index >= 15 is 0 Å². The van der Waals surface area contributed by atoms with Gasteiger partial charge in [0.25, 0.3) is 5.56 Å². The second kappa shape index (κ2) is 8.47. The predicted molar refractivity (Wildman–Crippen MR) is 109 cm³/mol. The molecule has 1 N–H and O–H groups in total. The molecule has 0 amide bonds. The highest BCUT2D eigenvalue weighted by molar-refractivity contribution is 6.74. The summed E-state index contributed by atoms with van der Waals surface area (Å²) in [5.41, 5.74) is -2.04. The van der Waals surface area contributed by atoms with E-state index in [0.717, 1.165) is 4.57 Å². The van der Waals surface area contributed by atoms with E-state index in [2.05, 4.69) is 33.9 Å². The molecule has 0 radical (unpaired) electrons. The Morgan fingerprint density at radius 1 is 1.28 bits per heavy atom. The monoisotopic (exact) mass is 428 g/mol. The molecule has 0 fully saturated rings. The molecule has 1 aromatic heterocycles. The van der Waals surface area contributed by atoms with E-state index < -0.39 is 43.6 Å². The Morgan fingerprint density at radius 3 is 2.45 bits per heavy atom. The average Bonchev–Trinajstić information content (AvgIpc) is 2.57. The Balaban J connectivity index is 2.36. The number of halogens is 1. The van der Waals surface area contributed by atoms with Crippen molar-refractivity contribution in [2.24, 2.45) is 0 Å². The lowest BCUT2D eigenvalue weighted by atomic mass is 10.1. The molecular weight excluding hydrogens is 399 g/mol. The molecule has 0 saturated carbocycles. The molecule has 162 valence electrons. The van der Waals surface area contributed by atoms with Gasteiger partial charge in [-0.25, -0.2) is 4.79 Å². The summed E-state index contributed by atoms with van der Waals surface area (Å²) < 4.78 is 32.1. The summed E-state index contributed by atoms with van der Waals surface area (Å²) in [6.45, 7) is 13.9. The molecular formula is C19H29FN2O6Si. The van der Waals surface area contributed by atoms with Crippen molar-refractivity contribution in [3.63, 3.8) is 0 Å². The average molecular weight is 429 g/mol. The predicted octanol–water partition coefficient (Wildman–Crippen LogP) is 2.26. The van der Waals surface area contributed by atoms with Gasteiger partial charge in [0.2, 0.25) is 12.1 Å². The standard InChI is InChI=1S/C19H29FN2O6Si/c1-11(2)27-17-13(22-9-12(20)16(24)21-18(22)25)8-14(23)15(28-17)10-26-29(6,7)19(3,4)5/h8-9,11,15,17H,10H2,1-7H3,(H,21,24,25)/t15-,17+/m1/s1. The maximum Gasteiger partial charge on any atom is 0.333 e. The van der Waals surface area contributed by atoms with Gasteiger partial charge in [-0.2, -0.15) is 4.39 Å². The van der Waals surface area contributed by atoms with Gasteiger partial charge in [-0.15, -0.1) is 0 Å². The lowest BCUT2D eigenvalue weighted by Gasteiger charge is -2.38. The van der Waals surface area contributed by atoms with Gasteiger partial charge in [0.15, 0.2) is 14.1 Å². The first-order valence-electron chi connectivity index (χ1n) is 9.45. The van der Waals surface area contributed by atoms with Gasteiger partial charge in [-0.05, 0) is 32.0 Å². The van der Waals surface area contributed by atoms with Crippen LogP contribution in [-0.4, -0.2) is 48.8 Å². The number of H-pyrrole nitrogens is 1. The number of carbonyl (C=O) groups excluding carboxylic acids is 1. The Morgan fingerprint density at radius 2 is 1.90 bits per heavy atom. The van der Waals surface area contributed by atoms with E-state index in [9.17, 15) is 18.8 Å². The van der Waals surface area contributed by atoms with E-state index in [1.54, 1.807) is 13.8 Å². The fraction of sp³-hybridized carbons (Fsp3) is 0.632. The minimum atomic E-state index is -2.11. The first-order valence-corrected chi connectivity index (χ1v) is 12.4. The van der Waals surface area contributed by atoms with Crippen LogP contribution in [0.25, 0.3) is 5.70 Å². The molecule has 29 heavy (non-hydrogen) atoms. The van der Waals surface area contributed by atoms with Crippen LogP contribution in [0, 0.1) is 5.82 Å². The number of hydrogen-bond acceptors (Lipinski definition) is 6. The Labute approximate surface area is 169 Å². The molecule has 1 aliphatic heterocycles.